The number of hydrogen-bond donors (Lipinski definition) is 0. The largest absolute Gasteiger partial charge is 0.249 e. The lowest BCUT2D eigenvalue weighted by Crippen LogP contribution is -2.34. The highest BCUT2D eigenvalue weighted by Gasteiger charge is 2.44. The van der Waals surface area contributed by atoms with E-state index >= 15 is 0 Å². The Labute approximate surface area is 268 Å². The van der Waals surface area contributed by atoms with E-state index in [0.29, 0.717) is 35.5 Å². The second-order valence-electron chi connectivity index (χ2n) is 13.9. The lowest BCUT2D eigenvalue weighted by molar-refractivity contribution is 0.243. The Bertz CT molecular complexity index is 2040. The summed E-state index contributed by atoms with van der Waals surface area (Å²) in [5.41, 5.74) is 9.20. The van der Waals surface area contributed by atoms with Crippen LogP contribution in [0.25, 0.3) is 22.1 Å². The van der Waals surface area contributed by atoms with Crippen LogP contribution >= 0.6 is 47.0 Å². The van der Waals surface area contributed by atoms with Crippen LogP contribution in [0.15, 0.2) is 76.6 Å². The van der Waals surface area contributed by atoms with E-state index in [2.05, 4.69) is 76.3 Å². The molecule has 8 aliphatic rings. The Balaban J connectivity index is 0.983. The summed E-state index contributed by atoms with van der Waals surface area (Å²) in [6.07, 6.45) is 11.9. The zero-order chi connectivity index (χ0) is 28.8. The van der Waals surface area contributed by atoms with Gasteiger partial charge in [0.15, 0.2) is 0 Å². The van der Waals surface area contributed by atoms with E-state index in [1.165, 1.54) is 57.3 Å². The minimum Gasteiger partial charge on any atom is -0.249 e. The van der Waals surface area contributed by atoms with Crippen molar-refractivity contribution in [3.63, 3.8) is 0 Å². The molecular formula is C35H30N4S4. The summed E-state index contributed by atoms with van der Waals surface area (Å²) in [4.78, 5) is 26.1. The average molecular weight is 635 g/mol. The molecule has 8 heteroatoms. The number of nitrogens with zero attached hydrogens (tertiary/aromatic N) is 4. The molecule has 2 aromatic heterocycles. The number of hydrogen-bond acceptors (Lipinski definition) is 8. The summed E-state index contributed by atoms with van der Waals surface area (Å²) in [6, 6.07) is 9.12. The molecule has 0 spiro atoms. The Hall–Kier alpha value is -2.26. The topological polar surface area (TPSA) is 51.6 Å². The minimum absolute atomic E-state index is 0.238. The van der Waals surface area contributed by atoms with Gasteiger partial charge < -0.3 is 0 Å². The molecule has 43 heavy (non-hydrogen) atoms. The van der Waals surface area contributed by atoms with Gasteiger partial charge in [-0.05, 0) is 54.4 Å². The molecule has 0 fully saturated rings. The van der Waals surface area contributed by atoms with Gasteiger partial charge in [0.05, 0.1) is 53.3 Å². The van der Waals surface area contributed by atoms with Crippen LogP contribution in [0.1, 0.15) is 87.0 Å². The second kappa shape index (κ2) is 8.93. The van der Waals surface area contributed by atoms with Crippen molar-refractivity contribution >= 4 is 69.1 Å². The zero-order valence-electron chi connectivity index (χ0n) is 24.4. The van der Waals surface area contributed by atoms with Crippen LogP contribution in [-0.4, -0.2) is 19.9 Å². The van der Waals surface area contributed by atoms with Crippen LogP contribution in [0.4, 0.5) is 0 Å². The summed E-state index contributed by atoms with van der Waals surface area (Å²) in [5.74, 6) is 2.87. The Morgan fingerprint density at radius 2 is 1.12 bits per heavy atom. The number of benzene rings is 2. The van der Waals surface area contributed by atoms with Crippen LogP contribution in [0, 0.1) is 17.3 Å². The summed E-state index contributed by atoms with van der Waals surface area (Å²) in [7, 11) is 0. The number of thioether (sulfide) groups is 4. The van der Waals surface area contributed by atoms with Gasteiger partial charge in [-0.2, -0.15) is 0 Å². The van der Waals surface area contributed by atoms with Gasteiger partial charge in [0, 0.05) is 43.3 Å². The first-order valence-corrected chi connectivity index (χ1v) is 18.6. The van der Waals surface area contributed by atoms with E-state index in [1.54, 1.807) is 0 Å². The van der Waals surface area contributed by atoms with Crippen molar-refractivity contribution in [1.29, 1.82) is 0 Å². The van der Waals surface area contributed by atoms with Crippen LogP contribution < -0.4 is 0 Å². The third-order valence-corrected chi connectivity index (χ3v) is 15.9. The smallest absolute Gasteiger partial charge is 0.0902 e. The molecule has 4 aromatic rings. The van der Waals surface area contributed by atoms with Gasteiger partial charge in [0.2, 0.25) is 0 Å². The molecule has 4 nitrogen and oxygen atoms in total. The highest BCUT2D eigenvalue weighted by atomic mass is 32.2. The predicted molar refractivity (Wildman–Crippen MR) is 180 cm³/mol. The molecule has 0 saturated heterocycles. The highest BCUT2D eigenvalue weighted by Crippen LogP contribution is 2.62. The second-order valence-corrected chi connectivity index (χ2v) is 18.6. The SMILES string of the molecule is CC(C)C1CC2C=CC1c1nc3cc4c(cc3nc12)SC(=C1Sc2cc3nc5c(nc3cc2S1)C1C=CC5CC1(C)C)S4. The molecule has 4 bridgehead atoms. The first-order chi connectivity index (χ1) is 20.8. The fraction of sp³-hybridized carbons (Fsp3) is 0.371. The normalized spacial score (nSPS) is 30.4. The van der Waals surface area contributed by atoms with Gasteiger partial charge in [-0.15, -0.1) is 0 Å². The fourth-order valence-electron chi connectivity index (χ4n) is 8.15. The molecule has 0 radical (unpaired) electrons. The highest BCUT2D eigenvalue weighted by molar-refractivity contribution is 8.30. The van der Waals surface area contributed by atoms with Crippen LogP contribution in [0.3, 0.4) is 0 Å². The number of fused-ring (bicyclic) bond motifs is 6. The average Bonchev–Trinajstić information content (AvgIpc) is 3.60. The Kier molecular flexibility index (Phi) is 5.40. The van der Waals surface area contributed by atoms with Gasteiger partial charge in [-0.25, -0.2) is 19.9 Å². The fourth-order valence-corrected chi connectivity index (χ4v) is 13.5. The summed E-state index contributed by atoms with van der Waals surface area (Å²) < 4.78 is 2.71. The summed E-state index contributed by atoms with van der Waals surface area (Å²) >= 11 is 7.55. The van der Waals surface area contributed by atoms with Crippen molar-refractivity contribution in [3.05, 3.63) is 79.8 Å². The molecule has 2 aliphatic heterocycles. The maximum Gasteiger partial charge on any atom is 0.0902 e. The van der Waals surface area contributed by atoms with Crippen molar-refractivity contribution in [2.45, 2.75) is 83.8 Å². The molecule has 0 amide bonds. The molecule has 4 heterocycles. The third-order valence-electron chi connectivity index (χ3n) is 10.4. The zero-order valence-corrected chi connectivity index (χ0v) is 27.7. The van der Waals surface area contributed by atoms with Gasteiger partial charge >= 0.3 is 0 Å². The van der Waals surface area contributed by atoms with E-state index in [0.717, 1.165) is 28.5 Å². The number of allylic oxidation sites excluding steroid dienone is 4. The first-order valence-electron chi connectivity index (χ1n) is 15.3. The molecule has 2 aromatic carbocycles. The third kappa shape index (κ3) is 3.76. The quantitative estimate of drug-likeness (QED) is 0.192. The van der Waals surface area contributed by atoms with E-state index in [1.807, 2.05) is 47.0 Å². The van der Waals surface area contributed by atoms with Gasteiger partial charge in [0.25, 0.3) is 0 Å². The monoisotopic (exact) mass is 634 g/mol. The summed E-state index contributed by atoms with van der Waals surface area (Å²) in [5, 5.41) is 0. The van der Waals surface area contributed by atoms with Gasteiger partial charge in [-0.3, -0.25) is 0 Å². The maximum absolute atomic E-state index is 5.27. The standard InChI is InChI=1S/C35H30N4S4/c1-15(2)19-9-16-5-7-18(19)31-29(16)36-21-10-25-27(12-23(21)38-31)42-33(40-25)34-41-26-11-22-24(13-28(26)43-34)39-32-20-8-6-17(30(32)37-22)14-35(20,3)4/h5-8,10-13,15-20H,9,14H2,1-4H3. The number of rotatable bonds is 1. The van der Waals surface area contributed by atoms with E-state index in [-0.39, 0.29) is 5.41 Å². The van der Waals surface area contributed by atoms with Crippen molar-refractivity contribution < 1.29 is 0 Å². The molecular weight excluding hydrogens is 605 g/mol. The Morgan fingerprint density at radius 3 is 1.65 bits per heavy atom. The molecule has 0 N–H and O–H groups in total. The molecule has 6 aliphatic carbocycles. The van der Waals surface area contributed by atoms with Crippen LogP contribution in [-0.2, 0) is 0 Å². The van der Waals surface area contributed by atoms with Gasteiger partial charge in [0.1, 0.15) is 0 Å². The van der Waals surface area contributed by atoms with E-state index < -0.39 is 0 Å². The van der Waals surface area contributed by atoms with Crippen molar-refractivity contribution in [1.82, 2.24) is 19.9 Å². The molecule has 214 valence electrons. The maximum atomic E-state index is 5.27. The molecule has 5 unspecified atom stereocenters. The van der Waals surface area contributed by atoms with E-state index in [9.17, 15) is 0 Å². The molecule has 12 rings (SSSR count). The number of aromatic nitrogens is 4. The van der Waals surface area contributed by atoms with Crippen molar-refractivity contribution in [2.75, 3.05) is 0 Å². The van der Waals surface area contributed by atoms with Crippen molar-refractivity contribution in [2.24, 2.45) is 17.3 Å². The first kappa shape index (κ1) is 26.0. The molecule has 0 saturated carbocycles. The predicted octanol–water partition coefficient (Wildman–Crippen LogP) is 10.4. The van der Waals surface area contributed by atoms with Crippen molar-refractivity contribution in [3.8, 4) is 0 Å². The van der Waals surface area contributed by atoms with E-state index in [4.69, 9.17) is 19.9 Å². The lowest BCUT2D eigenvalue weighted by atomic mass is 9.61. The minimum atomic E-state index is 0.238. The Morgan fingerprint density at radius 1 is 0.628 bits per heavy atom. The summed E-state index contributed by atoms with van der Waals surface area (Å²) in [6.45, 7) is 9.45. The molecule has 5 atom stereocenters. The van der Waals surface area contributed by atoms with Crippen LogP contribution in [0.5, 0.6) is 0 Å². The van der Waals surface area contributed by atoms with Gasteiger partial charge in [-0.1, -0.05) is 99.0 Å². The van der Waals surface area contributed by atoms with Crippen LogP contribution in [0.2, 0.25) is 0 Å². The lowest BCUT2D eigenvalue weighted by Gasteiger charge is -2.44.